The highest BCUT2D eigenvalue weighted by molar-refractivity contribution is 6.00. The van der Waals surface area contributed by atoms with Crippen molar-refractivity contribution >= 4 is 5.78 Å². The summed E-state index contributed by atoms with van der Waals surface area (Å²) in [5, 5.41) is 9.09. The first-order valence-corrected chi connectivity index (χ1v) is 6.24. The molecule has 1 saturated heterocycles. The molecular weight excluding hydrogens is 230 g/mol. The van der Waals surface area contributed by atoms with E-state index in [9.17, 15) is 4.79 Å². The van der Waals surface area contributed by atoms with E-state index in [2.05, 4.69) is 4.90 Å². The summed E-state index contributed by atoms with van der Waals surface area (Å²) in [6, 6.07) is 7.29. The number of nitrogens with zero attached hydrogens (tertiary/aromatic N) is 1. The average Bonchev–Trinajstić information content (AvgIpc) is 2.86. The van der Waals surface area contributed by atoms with Gasteiger partial charge in [-0.3, -0.25) is 9.69 Å². The fourth-order valence-electron chi connectivity index (χ4n) is 2.37. The Balaban J connectivity index is 2.00. The zero-order chi connectivity index (χ0) is 13.0. The number of para-hydroxylation sites is 1. The van der Waals surface area contributed by atoms with Crippen molar-refractivity contribution in [1.29, 1.82) is 0 Å². The number of carbonyl (C=O) groups is 1. The molecule has 98 valence electrons. The van der Waals surface area contributed by atoms with Crippen LogP contribution in [-0.4, -0.2) is 49.1 Å². The SMILES string of the molecule is COc1ccccc1C(=O)CN1CCC(CO)C1. The van der Waals surface area contributed by atoms with Crippen molar-refractivity contribution in [3.05, 3.63) is 29.8 Å². The molecule has 0 amide bonds. The lowest BCUT2D eigenvalue weighted by atomic mass is 10.1. The van der Waals surface area contributed by atoms with Crippen LogP contribution >= 0.6 is 0 Å². The predicted octanol–water partition coefficient (Wildman–Crippen LogP) is 1.19. The second-order valence-electron chi connectivity index (χ2n) is 4.70. The summed E-state index contributed by atoms with van der Waals surface area (Å²) in [6.07, 6.45) is 0.968. The van der Waals surface area contributed by atoms with E-state index in [1.807, 2.05) is 12.1 Å². The number of hydrogen-bond acceptors (Lipinski definition) is 4. The van der Waals surface area contributed by atoms with E-state index in [-0.39, 0.29) is 12.4 Å². The quantitative estimate of drug-likeness (QED) is 0.796. The van der Waals surface area contributed by atoms with Crippen LogP contribution in [0, 0.1) is 5.92 Å². The highest BCUT2D eigenvalue weighted by Crippen LogP contribution is 2.20. The number of benzene rings is 1. The van der Waals surface area contributed by atoms with E-state index in [1.165, 1.54) is 0 Å². The van der Waals surface area contributed by atoms with E-state index in [1.54, 1.807) is 19.2 Å². The maximum atomic E-state index is 12.2. The van der Waals surface area contributed by atoms with Crippen LogP contribution in [-0.2, 0) is 0 Å². The van der Waals surface area contributed by atoms with Gasteiger partial charge in [0.25, 0.3) is 0 Å². The summed E-state index contributed by atoms with van der Waals surface area (Å²) < 4.78 is 5.19. The molecule has 4 nitrogen and oxygen atoms in total. The number of ketones is 1. The third kappa shape index (κ3) is 2.89. The summed E-state index contributed by atoms with van der Waals surface area (Å²) in [7, 11) is 1.57. The second kappa shape index (κ2) is 5.98. The minimum absolute atomic E-state index is 0.0750. The van der Waals surface area contributed by atoms with E-state index < -0.39 is 0 Å². The van der Waals surface area contributed by atoms with Crippen molar-refractivity contribution in [3.8, 4) is 5.75 Å². The Labute approximate surface area is 107 Å². The zero-order valence-electron chi connectivity index (χ0n) is 10.6. The molecule has 4 heteroatoms. The molecule has 0 bridgehead atoms. The van der Waals surface area contributed by atoms with Crippen molar-refractivity contribution in [3.63, 3.8) is 0 Å². The molecule has 0 aliphatic carbocycles. The van der Waals surface area contributed by atoms with E-state index in [0.29, 0.717) is 23.8 Å². The fraction of sp³-hybridized carbons (Fsp3) is 0.500. The van der Waals surface area contributed by atoms with Crippen molar-refractivity contribution < 1.29 is 14.6 Å². The molecule has 0 saturated carbocycles. The van der Waals surface area contributed by atoms with Gasteiger partial charge in [0, 0.05) is 13.2 Å². The van der Waals surface area contributed by atoms with Gasteiger partial charge in [-0.1, -0.05) is 12.1 Å². The van der Waals surface area contributed by atoms with Crippen molar-refractivity contribution in [2.75, 3.05) is 33.4 Å². The van der Waals surface area contributed by atoms with Crippen LogP contribution in [0.5, 0.6) is 5.75 Å². The molecule has 1 atom stereocenters. The number of likely N-dealkylation sites (tertiary alicyclic amines) is 1. The van der Waals surface area contributed by atoms with Gasteiger partial charge in [0.05, 0.1) is 19.2 Å². The Morgan fingerprint density at radius 3 is 2.94 bits per heavy atom. The molecule has 0 spiro atoms. The zero-order valence-corrected chi connectivity index (χ0v) is 10.6. The smallest absolute Gasteiger partial charge is 0.180 e. The van der Waals surface area contributed by atoms with E-state index in [4.69, 9.17) is 9.84 Å². The Morgan fingerprint density at radius 1 is 1.50 bits per heavy atom. The lowest BCUT2D eigenvalue weighted by Crippen LogP contribution is -2.28. The molecule has 1 aliphatic rings. The number of hydrogen-bond donors (Lipinski definition) is 1. The molecule has 1 aromatic rings. The van der Waals surface area contributed by atoms with Gasteiger partial charge in [0.1, 0.15) is 5.75 Å². The Bertz CT molecular complexity index is 419. The first-order chi connectivity index (χ1) is 8.74. The molecule has 18 heavy (non-hydrogen) atoms. The van der Waals surface area contributed by atoms with E-state index >= 15 is 0 Å². The van der Waals surface area contributed by atoms with Gasteiger partial charge in [-0.25, -0.2) is 0 Å². The lowest BCUT2D eigenvalue weighted by molar-refractivity contribution is 0.0937. The van der Waals surface area contributed by atoms with Gasteiger partial charge in [0.15, 0.2) is 5.78 Å². The van der Waals surface area contributed by atoms with Gasteiger partial charge in [-0.05, 0) is 31.0 Å². The minimum Gasteiger partial charge on any atom is -0.496 e. The van der Waals surface area contributed by atoms with Gasteiger partial charge < -0.3 is 9.84 Å². The molecule has 1 heterocycles. The number of ether oxygens (including phenoxy) is 1. The predicted molar refractivity (Wildman–Crippen MR) is 69.0 cm³/mol. The standard InChI is InChI=1S/C14H19NO3/c1-18-14-5-3-2-4-12(14)13(17)9-15-7-6-11(8-15)10-16/h2-5,11,16H,6-10H2,1H3. The third-order valence-corrected chi connectivity index (χ3v) is 3.40. The van der Waals surface area contributed by atoms with Crippen LogP contribution < -0.4 is 4.74 Å². The lowest BCUT2D eigenvalue weighted by Gasteiger charge is -2.15. The van der Waals surface area contributed by atoms with Crippen molar-refractivity contribution in [2.45, 2.75) is 6.42 Å². The molecule has 1 fully saturated rings. The van der Waals surface area contributed by atoms with Crippen LogP contribution in [0.3, 0.4) is 0 Å². The molecular formula is C14H19NO3. The average molecular weight is 249 g/mol. The molecule has 1 aromatic carbocycles. The highest BCUT2D eigenvalue weighted by atomic mass is 16.5. The summed E-state index contributed by atoms with van der Waals surface area (Å²) >= 11 is 0. The molecule has 0 radical (unpaired) electrons. The normalized spacial score (nSPS) is 20.0. The molecule has 2 rings (SSSR count). The Morgan fingerprint density at radius 2 is 2.28 bits per heavy atom. The molecule has 1 N–H and O–H groups in total. The van der Waals surface area contributed by atoms with Gasteiger partial charge in [-0.15, -0.1) is 0 Å². The van der Waals surface area contributed by atoms with Gasteiger partial charge >= 0.3 is 0 Å². The monoisotopic (exact) mass is 249 g/mol. The van der Waals surface area contributed by atoms with E-state index in [0.717, 1.165) is 19.5 Å². The number of Topliss-reactive ketones (excluding diaryl/α,β-unsaturated/α-hetero) is 1. The Hall–Kier alpha value is -1.39. The maximum absolute atomic E-state index is 12.2. The fourth-order valence-corrected chi connectivity index (χ4v) is 2.37. The van der Waals surface area contributed by atoms with Crippen LogP contribution in [0.4, 0.5) is 0 Å². The number of carbonyl (C=O) groups excluding carboxylic acids is 1. The summed E-state index contributed by atoms with van der Waals surface area (Å²) in [5.41, 5.74) is 0.632. The van der Waals surface area contributed by atoms with Crippen LogP contribution in [0.15, 0.2) is 24.3 Å². The number of methoxy groups -OCH3 is 1. The van der Waals surface area contributed by atoms with Crippen LogP contribution in [0.2, 0.25) is 0 Å². The number of aliphatic hydroxyl groups excluding tert-OH is 1. The maximum Gasteiger partial charge on any atom is 0.180 e. The van der Waals surface area contributed by atoms with Crippen LogP contribution in [0.25, 0.3) is 0 Å². The topological polar surface area (TPSA) is 49.8 Å². The number of rotatable bonds is 5. The molecule has 1 aliphatic heterocycles. The van der Waals surface area contributed by atoms with Crippen molar-refractivity contribution in [1.82, 2.24) is 4.90 Å². The number of aliphatic hydroxyl groups is 1. The second-order valence-corrected chi connectivity index (χ2v) is 4.70. The first-order valence-electron chi connectivity index (χ1n) is 6.24. The largest absolute Gasteiger partial charge is 0.496 e. The summed E-state index contributed by atoms with van der Waals surface area (Å²) in [6.45, 7) is 2.29. The highest BCUT2D eigenvalue weighted by Gasteiger charge is 2.24. The van der Waals surface area contributed by atoms with Crippen molar-refractivity contribution in [2.24, 2.45) is 5.92 Å². The Kier molecular flexibility index (Phi) is 4.33. The van der Waals surface area contributed by atoms with Crippen LogP contribution in [0.1, 0.15) is 16.8 Å². The third-order valence-electron chi connectivity index (χ3n) is 3.40. The summed E-state index contributed by atoms with van der Waals surface area (Å²) in [5.74, 6) is 1.02. The first kappa shape index (κ1) is 13.1. The molecule has 1 unspecified atom stereocenters. The van der Waals surface area contributed by atoms with Gasteiger partial charge in [0.2, 0.25) is 0 Å². The van der Waals surface area contributed by atoms with Gasteiger partial charge in [-0.2, -0.15) is 0 Å². The molecule has 0 aromatic heterocycles. The summed E-state index contributed by atoms with van der Waals surface area (Å²) in [4.78, 5) is 14.3. The minimum atomic E-state index is 0.0750.